The van der Waals surface area contributed by atoms with Crippen molar-refractivity contribution in [2.45, 2.75) is 12.2 Å². The van der Waals surface area contributed by atoms with Crippen molar-refractivity contribution in [2.24, 2.45) is 11.8 Å². The Labute approximate surface area is 158 Å². The fraction of sp³-hybridized carbons (Fsp3) is 0.429. The molecule has 0 unspecified atom stereocenters. The van der Waals surface area contributed by atoms with Gasteiger partial charge >= 0.3 is 0 Å². The molecule has 0 spiro atoms. The van der Waals surface area contributed by atoms with Crippen molar-refractivity contribution in [3.8, 4) is 23.0 Å². The highest BCUT2D eigenvalue weighted by Gasteiger charge is 2.48. The molecule has 4 atom stereocenters. The maximum absolute atomic E-state index is 9.84. The molecule has 27 heavy (non-hydrogen) atoms. The van der Waals surface area contributed by atoms with Gasteiger partial charge in [0.05, 0.1) is 46.8 Å². The van der Waals surface area contributed by atoms with Crippen LogP contribution in [0.1, 0.15) is 23.3 Å². The van der Waals surface area contributed by atoms with E-state index in [-0.39, 0.29) is 29.8 Å². The van der Waals surface area contributed by atoms with Gasteiger partial charge in [-0.05, 0) is 35.4 Å². The van der Waals surface area contributed by atoms with E-state index in [2.05, 4.69) is 0 Å². The van der Waals surface area contributed by atoms with Crippen LogP contribution in [0.3, 0.4) is 0 Å². The average Bonchev–Trinajstić information content (AvgIpc) is 3.30. The molecule has 2 aromatic rings. The van der Waals surface area contributed by atoms with E-state index in [1.54, 1.807) is 27.4 Å². The highest BCUT2D eigenvalue weighted by molar-refractivity contribution is 5.45. The molecule has 2 aliphatic rings. The van der Waals surface area contributed by atoms with Crippen LogP contribution in [0.2, 0.25) is 0 Å². The van der Waals surface area contributed by atoms with Crippen LogP contribution in [-0.2, 0) is 9.47 Å². The third-order valence-corrected chi connectivity index (χ3v) is 5.53. The number of methoxy groups -OCH3 is 3. The summed E-state index contributed by atoms with van der Waals surface area (Å²) < 4.78 is 28.3. The first-order chi connectivity index (χ1) is 13.2. The van der Waals surface area contributed by atoms with E-state index in [0.717, 1.165) is 11.1 Å². The molecule has 2 fully saturated rings. The Morgan fingerprint density at radius 3 is 1.81 bits per heavy atom. The van der Waals surface area contributed by atoms with Crippen LogP contribution >= 0.6 is 0 Å². The summed E-state index contributed by atoms with van der Waals surface area (Å²) in [7, 11) is 4.80. The number of benzene rings is 2. The molecule has 6 heteroatoms. The number of hydrogen-bond acceptors (Lipinski definition) is 6. The molecule has 0 aromatic heterocycles. The molecule has 0 amide bonds. The lowest BCUT2D eigenvalue weighted by Crippen LogP contribution is -2.14. The predicted molar refractivity (Wildman–Crippen MR) is 98.6 cm³/mol. The van der Waals surface area contributed by atoms with E-state index in [9.17, 15) is 5.11 Å². The van der Waals surface area contributed by atoms with E-state index in [1.165, 1.54) is 0 Å². The van der Waals surface area contributed by atoms with Crippen LogP contribution < -0.4 is 14.2 Å². The molecule has 0 radical (unpaired) electrons. The standard InChI is InChI=1S/C21H24O6/c1-23-17-7-5-13(9-19(17)25-3)21-15-11-26-20(14(15)10-27-21)12-4-6-16(22)18(8-12)24-2/h4-9,14-15,20-22H,10-11H2,1-3H3/t14-,15-,20+,21+/m0/s1. The highest BCUT2D eigenvalue weighted by Crippen LogP contribution is 2.51. The molecule has 0 aliphatic carbocycles. The van der Waals surface area contributed by atoms with Crippen molar-refractivity contribution in [3.63, 3.8) is 0 Å². The molecule has 2 saturated heterocycles. The topological polar surface area (TPSA) is 66.4 Å². The smallest absolute Gasteiger partial charge is 0.161 e. The Kier molecular flexibility index (Phi) is 4.85. The summed E-state index contributed by atoms with van der Waals surface area (Å²) >= 11 is 0. The van der Waals surface area contributed by atoms with Gasteiger partial charge in [-0.15, -0.1) is 0 Å². The summed E-state index contributed by atoms with van der Waals surface area (Å²) in [4.78, 5) is 0. The van der Waals surface area contributed by atoms with Crippen molar-refractivity contribution < 1.29 is 28.8 Å². The fourth-order valence-electron chi connectivity index (χ4n) is 4.14. The van der Waals surface area contributed by atoms with Gasteiger partial charge in [0.15, 0.2) is 23.0 Å². The van der Waals surface area contributed by atoms with E-state index >= 15 is 0 Å². The first-order valence-electron chi connectivity index (χ1n) is 8.98. The van der Waals surface area contributed by atoms with Crippen LogP contribution in [-0.4, -0.2) is 39.6 Å². The van der Waals surface area contributed by atoms with Gasteiger partial charge < -0.3 is 28.8 Å². The van der Waals surface area contributed by atoms with Crippen molar-refractivity contribution in [1.82, 2.24) is 0 Å². The number of hydrogen-bond donors (Lipinski definition) is 1. The lowest BCUT2D eigenvalue weighted by Gasteiger charge is -2.18. The molecule has 2 heterocycles. The number of fused-ring (bicyclic) bond motifs is 1. The van der Waals surface area contributed by atoms with E-state index in [0.29, 0.717) is 30.5 Å². The average molecular weight is 372 g/mol. The second-order valence-electron chi connectivity index (χ2n) is 6.88. The largest absolute Gasteiger partial charge is 0.504 e. The van der Waals surface area contributed by atoms with Crippen LogP contribution in [0, 0.1) is 11.8 Å². The molecular formula is C21H24O6. The first-order valence-corrected chi connectivity index (χ1v) is 8.98. The van der Waals surface area contributed by atoms with Crippen molar-refractivity contribution >= 4 is 0 Å². The second kappa shape index (κ2) is 7.29. The van der Waals surface area contributed by atoms with Crippen molar-refractivity contribution in [2.75, 3.05) is 34.5 Å². The number of phenols is 1. The molecule has 1 N–H and O–H groups in total. The summed E-state index contributed by atoms with van der Waals surface area (Å²) in [5.74, 6) is 2.48. The maximum Gasteiger partial charge on any atom is 0.161 e. The van der Waals surface area contributed by atoms with Gasteiger partial charge in [0, 0.05) is 11.8 Å². The summed E-state index contributed by atoms with van der Waals surface area (Å²) in [6, 6.07) is 11.3. The predicted octanol–water partition coefficient (Wildman–Crippen LogP) is 3.49. The molecule has 144 valence electrons. The lowest BCUT2D eigenvalue weighted by atomic mass is 9.85. The molecular weight excluding hydrogens is 348 g/mol. The van der Waals surface area contributed by atoms with Crippen LogP contribution in [0.4, 0.5) is 0 Å². The monoisotopic (exact) mass is 372 g/mol. The van der Waals surface area contributed by atoms with Crippen LogP contribution in [0.15, 0.2) is 36.4 Å². The molecule has 0 bridgehead atoms. The number of ether oxygens (including phenoxy) is 5. The summed E-state index contributed by atoms with van der Waals surface area (Å²) in [6.07, 6.45) is -0.117. The zero-order valence-corrected chi connectivity index (χ0v) is 15.7. The van der Waals surface area contributed by atoms with Crippen LogP contribution in [0.5, 0.6) is 23.0 Å². The minimum atomic E-state index is -0.0744. The van der Waals surface area contributed by atoms with Crippen LogP contribution in [0.25, 0.3) is 0 Å². The van der Waals surface area contributed by atoms with E-state index < -0.39 is 0 Å². The summed E-state index contributed by atoms with van der Waals surface area (Å²) in [5, 5.41) is 9.84. The minimum Gasteiger partial charge on any atom is -0.504 e. The SMILES string of the molecule is COc1cc([C@H]2OC[C@H]3[C@@H]2CO[C@@H]3c2ccc(OC)c(OC)c2)ccc1O. The van der Waals surface area contributed by atoms with Gasteiger partial charge in [0.2, 0.25) is 0 Å². The van der Waals surface area contributed by atoms with Gasteiger partial charge in [0.1, 0.15) is 0 Å². The zero-order valence-electron chi connectivity index (χ0n) is 15.7. The molecule has 2 aliphatic heterocycles. The fourth-order valence-corrected chi connectivity index (χ4v) is 4.14. The number of aromatic hydroxyl groups is 1. The number of phenolic OH excluding ortho intramolecular Hbond substituents is 1. The molecule has 2 aromatic carbocycles. The minimum absolute atomic E-state index is 0.0428. The molecule has 0 saturated carbocycles. The third-order valence-electron chi connectivity index (χ3n) is 5.53. The Bertz CT molecular complexity index is 820. The zero-order chi connectivity index (χ0) is 19.0. The highest BCUT2D eigenvalue weighted by atomic mass is 16.5. The van der Waals surface area contributed by atoms with Gasteiger partial charge in [0.25, 0.3) is 0 Å². The lowest BCUT2D eigenvalue weighted by molar-refractivity contribution is 0.0191. The van der Waals surface area contributed by atoms with Crippen molar-refractivity contribution in [1.29, 1.82) is 0 Å². The van der Waals surface area contributed by atoms with Gasteiger partial charge in [-0.25, -0.2) is 0 Å². The molecule has 4 rings (SSSR count). The van der Waals surface area contributed by atoms with Crippen molar-refractivity contribution in [3.05, 3.63) is 47.5 Å². The Balaban J connectivity index is 1.57. The normalized spacial score (nSPS) is 26.6. The Morgan fingerprint density at radius 1 is 0.741 bits per heavy atom. The van der Waals surface area contributed by atoms with Gasteiger partial charge in [-0.1, -0.05) is 12.1 Å². The van der Waals surface area contributed by atoms with Gasteiger partial charge in [-0.3, -0.25) is 0 Å². The van der Waals surface area contributed by atoms with E-state index in [1.807, 2.05) is 30.3 Å². The third kappa shape index (κ3) is 3.09. The quantitative estimate of drug-likeness (QED) is 0.867. The Morgan fingerprint density at radius 2 is 1.26 bits per heavy atom. The second-order valence-corrected chi connectivity index (χ2v) is 6.88. The van der Waals surface area contributed by atoms with E-state index in [4.69, 9.17) is 23.7 Å². The number of rotatable bonds is 5. The molecule has 6 nitrogen and oxygen atoms in total. The first kappa shape index (κ1) is 17.9. The summed E-state index contributed by atoms with van der Waals surface area (Å²) in [6.45, 7) is 1.25. The summed E-state index contributed by atoms with van der Waals surface area (Å²) in [5.41, 5.74) is 2.06. The Hall–Kier alpha value is -2.44. The van der Waals surface area contributed by atoms with Gasteiger partial charge in [-0.2, -0.15) is 0 Å². The maximum atomic E-state index is 9.84.